The van der Waals surface area contributed by atoms with Gasteiger partial charge in [0.15, 0.2) is 10.8 Å². The summed E-state index contributed by atoms with van der Waals surface area (Å²) in [4.78, 5) is 12.8. The second-order valence-corrected chi connectivity index (χ2v) is 7.25. The lowest BCUT2D eigenvalue weighted by Gasteiger charge is -2.49. The Balaban J connectivity index is 2.31. The minimum Gasteiger partial charge on any atom is -0.497 e. The second kappa shape index (κ2) is 6.27. The van der Waals surface area contributed by atoms with Gasteiger partial charge >= 0.3 is 0 Å². The first-order valence-electron chi connectivity index (χ1n) is 8.80. The van der Waals surface area contributed by atoms with Crippen molar-refractivity contribution in [2.45, 2.75) is 37.8 Å². The first-order chi connectivity index (χ1) is 12.9. The van der Waals surface area contributed by atoms with Gasteiger partial charge < -0.3 is 15.2 Å². The molecule has 2 N–H and O–H groups in total. The maximum atomic E-state index is 12.8. The maximum absolute atomic E-state index is 12.8. The number of hydrogen-bond donors (Lipinski definition) is 2. The number of nitriles is 3. The molecule has 1 aliphatic carbocycles. The topological polar surface area (TPSA) is 130 Å². The monoisotopic (exact) mass is 364 g/mol. The van der Waals surface area contributed by atoms with Gasteiger partial charge in [0.05, 0.1) is 25.3 Å². The predicted octanol–water partition coefficient (Wildman–Crippen LogP) is 1.96. The van der Waals surface area contributed by atoms with E-state index in [0.717, 1.165) is 0 Å². The molecule has 1 aromatic rings. The lowest BCUT2D eigenvalue weighted by atomic mass is 9.48. The smallest absolute Gasteiger partial charge is 0.245 e. The van der Waals surface area contributed by atoms with Crippen LogP contribution in [0.2, 0.25) is 0 Å². The lowest BCUT2D eigenvalue weighted by molar-refractivity contribution is -0.128. The maximum Gasteiger partial charge on any atom is 0.245 e. The van der Waals surface area contributed by atoms with Crippen molar-refractivity contribution >= 4 is 5.91 Å². The Morgan fingerprint density at radius 3 is 2.33 bits per heavy atom. The third-order valence-corrected chi connectivity index (χ3v) is 6.03. The van der Waals surface area contributed by atoms with Gasteiger partial charge in [-0.1, -0.05) is 25.5 Å². The Bertz CT molecular complexity index is 878. The van der Waals surface area contributed by atoms with Crippen LogP contribution in [0.25, 0.3) is 0 Å². The van der Waals surface area contributed by atoms with Crippen LogP contribution in [-0.2, 0) is 4.79 Å². The number of aliphatic hydroxyl groups is 1. The van der Waals surface area contributed by atoms with Gasteiger partial charge in [-0.05, 0) is 24.1 Å². The number of carbonyl (C=O) groups is 1. The number of carbonyl (C=O) groups excluding carboxylic acids is 1. The van der Waals surface area contributed by atoms with Crippen LogP contribution >= 0.6 is 0 Å². The molecule has 27 heavy (non-hydrogen) atoms. The molecule has 1 aromatic carbocycles. The lowest BCUT2D eigenvalue weighted by Crippen LogP contribution is -2.57. The molecule has 0 aromatic heterocycles. The highest BCUT2D eigenvalue weighted by atomic mass is 16.5. The number of hydrogen-bond acceptors (Lipinski definition) is 6. The third kappa shape index (κ3) is 2.24. The fourth-order valence-corrected chi connectivity index (χ4v) is 4.76. The zero-order valence-electron chi connectivity index (χ0n) is 15.2. The number of fused-ring (bicyclic) bond motifs is 2. The Morgan fingerprint density at radius 1 is 1.22 bits per heavy atom. The zero-order chi connectivity index (χ0) is 19.9. The summed E-state index contributed by atoms with van der Waals surface area (Å²) in [7, 11) is 1.53. The van der Waals surface area contributed by atoms with Gasteiger partial charge in [0.25, 0.3) is 0 Å². The van der Waals surface area contributed by atoms with Crippen molar-refractivity contribution in [2.24, 2.45) is 16.7 Å². The Morgan fingerprint density at radius 2 is 1.85 bits per heavy atom. The first kappa shape index (κ1) is 18.7. The average Bonchev–Trinajstić information content (AvgIpc) is 2.94. The third-order valence-electron chi connectivity index (χ3n) is 6.03. The van der Waals surface area contributed by atoms with Crippen LogP contribution in [0.3, 0.4) is 0 Å². The molecule has 1 aliphatic heterocycles. The van der Waals surface area contributed by atoms with Gasteiger partial charge in [-0.3, -0.25) is 4.79 Å². The van der Waals surface area contributed by atoms with Crippen LogP contribution in [-0.4, -0.2) is 23.8 Å². The highest BCUT2D eigenvalue weighted by molar-refractivity contribution is 5.92. The van der Waals surface area contributed by atoms with E-state index in [-0.39, 0.29) is 6.42 Å². The molecule has 138 valence electrons. The van der Waals surface area contributed by atoms with Crippen molar-refractivity contribution in [1.82, 2.24) is 5.32 Å². The van der Waals surface area contributed by atoms with E-state index in [1.807, 2.05) is 25.1 Å². The fraction of sp³-hybridized carbons (Fsp3) is 0.500. The molecule has 1 amide bonds. The van der Waals surface area contributed by atoms with Gasteiger partial charge in [-0.15, -0.1) is 0 Å². The Hall–Kier alpha value is -3.08. The number of nitrogens with zero attached hydrogens (tertiary/aromatic N) is 3. The van der Waals surface area contributed by atoms with Crippen LogP contribution < -0.4 is 10.1 Å². The number of amides is 1. The quantitative estimate of drug-likeness (QED) is 0.840. The van der Waals surface area contributed by atoms with Gasteiger partial charge in [-0.25, -0.2) is 0 Å². The van der Waals surface area contributed by atoms with Crippen LogP contribution in [0.5, 0.6) is 5.75 Å². The summed E-state index contributed by atoms with van der Waals surface area (Å²) in [6, 6.07) is 12.8. The molecular formula is C20H20N4O3. The highest BCUT2D eigenvalue weighted by Crippen LogP contribution is 2.65. The summed E-state index contributed by atoms with van der Waals surface area (Å²) in [5.41, 5.74) is -4.86. The van der Waals surface area contributed by atoms with Crippen LogP contribution in [0, 0.1) is 50.7 Å². The molecule has 4 atom stereocenters. The molecule has 1 saturated carbocycles. The van der Waals surface area contributed by atoms with Gasteiger partial charge in [-0.2, -0.15) is 15.8 Å². The molecule has 1 heterocycles. The summed E-state index contributed by atoms with van der Waals surface area (Å²) in [5.74, 6) is -1.54. The molecule has 7 nitrogen and oxygen atoms in total. The van der Waals surface area contributed by atoms with Crippen LogP contribution in [0.15, 0.2) is 24.3 Å². The zero-order valence-corrected chi connectivity index (χ0v) is 15.2. The summed E-state index contributed by atoms with van der Waals surface area (Å²) >= 11 is 0. The standard InChI is InChI=1S/C20H20N4O3/c1-3-4-15-16(13-5-7-14(27-2)8-6-13)19(11-22,12-23)18(10-21)9-20(15,26)24-17(18)25/h5-8,15-16,26H,3-4,9H2,1-2H3,(H,24,25)/t15-,16-,18+,20+/m1/s1. The van der Waals surface area contributed by atoms with E-state index in [9.17, 15) is 25.7 Å². The van der Waals surface area contributed by atoms with Crippen molar-refractivity contribution in [2.75, 3.05) is 7.11 Å². The van der Waals surface area contributed by atoms with E-state index >= 15 is 0 Å². The van der Waals surface area contributed by atoms with E-state index in [1.54, 1.807) is 24.3 Å². The number of nitrogens with one attached hydrogen (secondary N) is 1. The Kier molecular flexibility index (Phi) is 4.34. The average molecular weight is 364 g/mol. The largest absolute Gasteiger partial charge is 0.497 e. The summed E-state index contributed by atoms with van der Waals surface area (Å²) in [6.45, 7) is 1.93. The molecule has 7 heteroatoms. The van der Waals surface area contributed by atoms with Crippen molar-refractivity contribution in [3.63, 3.8) is 0 Å². The van der Waals surface area contributed by atoms with Crippen molar-refractivity contribution in [1.29, 1.82) is 15.8 Å². The van der Waals surface area contributed by atoms with Crippen LogP contribution in [0.4, 0.5) is 0 Å². The number of ether oxygens (including phenoxy) is 1. The molecule has 2 bridgehead atoms. The molecule has 2 aliphatic rings. The summed E-state index contributed by atoms with van der Waals surface area (Å²) in [6.07, 6.45) is 0.899. The number of rotatable bonds is 4. The van der Waals surface area contributed by atoms with E-state index in [4.69, 9.17) is 4.74 Å². The van der Waals surface area contributed by atoms with E-state index in [1.165, 1.54) is 7.11 Å². The molecular weight excluding hydrogens is 344 g/mol. The molecule has 0 unspecified atom stereocenters. The fourth-order valence-electron chi connectivity index (χ4n) is 4.76. The minimum atomic E-state index is -1.93. The van der Waals surface area contributed by atoms with Gasteiger partial charge in [0.2, 0.25) is 5.91 Å². The highest BCUT2D eigenvalue weighted by Gasteiger charge is 2.76. The normalized spacial score (nSPS) is 33.3. The van der Waals surface area contributed by atoms with Gasteiger partial charge in [0, 0.05) is 18.3 Å². The van der Waals surface area contributed by atoms with Crippen LogP contribution in [0.1, 0.15) is 37.7 Å². The summed E-state index contributed by atoms with van der Waals surface area (Å²) in [5, 5.41) is 43.7. The van der Waals surface area contributed by atoms with E-state index in [2.05, 4.69) is 5.32 Å². The Labute approximate surface area is 157 Å². The van der Waals surface area contributed by atoms with E-state index in [0.29, 0.717) is 24.2 Å². The van der Waals surface area contributed by atoms with Gasteiger partial charge in [0.1, 0.15) is 11.5 Å². The number of benzene rings is 1. The molecule has 0 spiro atoms. The number of methoxy groups -OCH3 is 1. The minimum absolute atomic E-state index is 0.270. The SMILES string of the molecule is CCC[C@@H]1[C@@H](c2ccc(OC)cc2)C(C#N)(C#N)[C@]2(C#N)C[C@@]1(O)NC2=O. The molecule has 2 fully saturated rings. The van der Waals surface area contributed by atoms with Crippen molar-refractivity contribution in [3.05, 3.63) is 29.8 Å². The molecule has 1 saturated heterocycles. The van der Waals surface area contributed by atoms with Crippen molar-refractivity contribution < 1.29 is 14.6 Å². The second-order valence-electron chi connectivity index (χ2n) is 7.25. The summed E-state index contributed by atoms with van der Waals surface area (Å²) < 4.78 is 5.17. The van der Waals surface area contributed by atoms with E-state index < -0.39 is 34.3 Å². The predicted molar refractivity (Wildman–Crippen MR) is 93.5 cm³/mol. The van der Waals surface area contributed by atoms with Crippen molar-refractivity contribution in [3.8, 4) is 24.0 Å². The molecule has 3 rings (SSSR count). The first-order valence-corrected chi connectivity index (χ1v) is 8.80. The molecule has 0 radical (unpaired) electrons.